The number of carbonyl (C=O) groups excluding carboxylic acids is 1. The minimum absolute atomic E-state index is 0.677. The van der Waals surface area contributed by atoms with Crippen molar-refractivity contribution in [3.63, 3.8) is 0 Å². The van der Waals surface area contributed by atoms with E-state index in [-0.39, 0.29) is 0 Å². The highest BCUT2D eigenvalue weighted by Gasteiger charge is 2.08. The molecule has 0 unspecified atom stereocenters. The average Bonchev–Trinajstić information content (AvgIpc) is 2.37. The second-order valence-corrected chi connectivity index (χ2v) is 3.87. The Kier molecular flexibility index (Phi) is 5.43. The van der Waals surface area contributed by atoms with Gasteiger partial charge in [-0.3, -0.25) is 4.79 Å². The van der Waals surface area contributed by atoms with Gasteiger partial charge in [-0.25, -0.2) is 0 Å². The minimum atomic E-state index is 0.677. The van der Waals surface area contributed by atoms with Crippen LogP contribution in [0.25, 0.3) is 6.08 Å². The minimum Gasteiger partial charge on any atom is -0.385 e. The number of carbonyl (C=O) groups is 1. The Bertz CT molecular complexity index is 388. The number of hydrogen-bond donors (Lipinski definition) is 0. The molecule has 0 atom stereocenters. The molecular weight excluding hydrogens is 214 g/mol. The first kappa shape index (κ1) is 13.5. The highest BCUT2D eigenvalue weighted by atomic mass is 16.5. The zero-order chi connectivity index (χ0) is 12.7. The quantitative estimate of drug-likeness (QED) is 0.535. The highest BCUT2D eigenvalue weighted by Crippen LogP contribution is 2.23. The largest absolute Gasteiger partial charge is 0.385 e. The second-order valence-electron chi connectivity index (χ2n) is 3.87. The van der Waals surface area contributed by atoms with Crippen molar-refractivity contribution in [2.75, 3.05) is 32.2 Å². The van der Waals surface area contributed by atoms with E-state index in [1.807, 2.05) is 19.2 Å². The van der Waals surface area contributed by atoms with E-state index < -0.39 is 0 Å². The first-order valence-corrected chi connectivity index (χ1v) is 5.65. The molecule has 0 aromatic heterocycles. The molecule has 0 heterocycles. The molecule has 17 heavy (non-hydrogen) atoms. The fourth-order valence-electron chi connectivity index (χ4n) is 1.79. The van der Waals surface area contributed by atoms with Crippen LogP contribution in [0, 0.1) is 0 Å². The lowest BCUT2D eigenvalue weighted by Gasteiger charge is -2.22. The van der Waals surface area contributed by atoms with E-state index in [0.29, 0.717) is 5.56 Å². The third-order valence-electron chi connectivity index (χ3n) is 2.70. The van der Waals surface area contributed by atoms with Gasteiger partial charge >= 0.3 is 0 Å². The Balaban J connectivity index is 2.88. The van der Waals surface area contributed by atoms with Gasteiger partial charge in [0.25, 0.3) is 0 Å². The number of ether oxygens (including phenoxy) is 1. The molecule has 0 aliphatic carbocycles. The number of anilines is 1. The summed E-state index contributed by atoms with van der Waals surface area (Å²) in [6, 6.07) is 5.69. The lowest BCUT2D eigenvalue weighted by atomic mass is 10.1. The van der Waals surface area contributed by atoms with E-state index in [1.54, 1.807) is 19.3 Å². The van der Waals surface area contributed by atoms with Crippen LogP contribution in [0.4, 0.5) is 5.69 Å². The molecule has 0 saturated heterocycles. The van der Waals surface area contributed by atoms with Crippen molar-refractivity contribution in [2.45, 2.75) is 6.42 Å². The van der Waals surface area contributed by atoms with E-state index in [9.17, 15) is 4.79 Å². The maximum atomic E-state index is 10.9. The predicted molar refractivity (Wildman–Crippen MR) is 71.7 cm³/mol. The van der Waals surface area contributed by atoms with Gasteiger partial charge in [-0.15, -0.1) is 0 Å². The molecule has 0 fully saturated rings. The maximum absolute atomic E-state index is 10.9. The van der Waals surface area contributed by atoms with Crippen LogP contribution in [0.2, 0.25) is 0 Å². The number of methoxy groups -OCH3 is 1. The van der Waals surface area contributed by atoms with Gasteiger partial charge < -0.3 is 9.64 Å². The third kappa shape index (κ3) is 3.43. The number of hydrogen-bond acceptors (Lipinski definition) is 3. The van der Waals surface area contributed by atoms with E-state index in [0.717, 1.165) is 37.1 Å². The summed E-state index contributed by atoms with van der Waals surface area (Å²) in [4.78, 5) is 13.0. The van der Waals surface area contributed by atoms with Gasteiger partial charge in [-0.05, 0) is 12.5 Å². The maximum Gasteiger partial charge on any atom is 0.150 e. The number of aldehydes is 1. The van der Waals surface area contributed by atoms with Crippen LogP contribution >= 0.6 is 0 Å². The molecule has 3 nitrogen and oxygen atoms in total. The molecule has 0 aliphatic heterocycles. The van der Waals surface area contributed by atoms with Crippen LogP contribution in [0.15, 0.2) is 24.8 Å². The SMILES string of the molecule is C=Cc1c(C=O)cccc1N(C)CCCOC. The van der Waals surface area contributed by atoms with Gasteiger partial charge in [0.15, 0.2) is 6.29 Å². The summed E-state index contributed by atoms with van der Waals surface area (Å²) >= 11 is 0. The Morgan fingerprint density at radius 1 is 1.47 bits per heavy atom. The monoisotopic (exact) mass is 233 g/mol. The molecule has 92 valence electrons. The normalized spacial score (nSPS) is 10.0. The van der Waals surface area contributed by atoms with E-state index in [1.165, 1.54) is 0 Å². The third-order valence-corrected chi connectivity index (χ3v) is 2.70. The van der Waals surface area contributed by atoms with Crippen LogP contribution in [-0.4, -0.2) is 33.6 Å². The predicted octanol–water partition coefficient (Wildman–Crippen LogP) is 2.61. The first-order chi connectivity index (χ1) is 8.24. The summed E-state index contributed by atoms with van der Waals surface area (Å²) in [5, 5.41) is 0. The molecule has 3 heteroatoms. The number of rotatable bonds is 7. The fraction of sp³-hybridized carbons (Fsp3) is 0.357. The fourth-order valence-corrected chi connectivity index (χ4v) is 1.79. The molecule has 0 saturated carbocycles. The Labute approximate surface area is 103 Å². The molecule has 0 amide bonds. The van der Waals surface area contributed by atoms with Gasteiger partial charge in [0.2, 0.25) is 0 Å². The zero-order valence-corrected chi connectivity index (χ0v) is 10.5. The van der Waals surface area contributed by atoms with Crippen molar-refractivity contribution in [3.05, 3.63) is 35.9 Å². The van der Waals surface area contributed by atoms with Crippen LogP contribution < -0.4 is 4.90 Å². The van der Waals surface area contributed by atoms with Crippen LogP contribution in [0.3, 0.4) is 0 Å². The zero-order valence-electron chi connectivity index (χ0n) is 10.5. The van der Waals surface area contributed by atoms with E-state index in [4.69, 9.17) is 4.74 Å². The van der Waals surface area contributed by atoms with Crippen molar-refractivity contribution in [1.29, 1.82) is 0 Å². The summed E-state index contributed by atoms with van der Waals surface area (Å²) in [5.41, 5.74) is 2.60. The van der Waals surface area contributed by atoms with Crippen molar-refractivity contribution in [3.8, 4) is 0 Å². The van der Waals surface area contributed by atoms with Crippen molar-refractivity contribution in [2.24, 2.45) is 0 Å². The van der Waals surface area contributed by atoms with Crippen LogP contribution in [-0.2, 0) is 4.74 Å². The average molecular weight is 233 g/mol. The summed E-state index contributed by atoms with van der Waals surface area (Å²) in [7, 11) is 3.70. The van der Waals surface area contributed by atoms with Crippen molar-refractivity contribution in [1.82, 2.24) is 0 Å². The topological polar surface area (TPSA) is 29.5 Å². The highest BCUT2D eigenvalue weighted by molar-refractivity contribution is 5.86. The second kappa shape index (κ2) is 6.86. The first-order valence-electron chi connectivity index (χ1n) is 5.65. The molecule has 1 aromatic rings. The molecule has 0 radical (unpaired) electrons. The Hall–Kier alpha value is -1.61. The van der Waals surface area contributed by atoms with Crippen molar-refractivity contribution < 1.29 is 9.53 Å². The number of nitrogens with zero attached hydrogens (tertiary/aromatic N) is 1. The molecule has 0 N–H and O–H groups in total. The van der Waals surface area contributed by atoms with Crippen molar-refractivity contribution >= 4 is 18.0 Å². The van der Waals surface area contributed by atoms with Gasteiger partial charge in [0.1, 0.15) is 0 Å². The van der Waals surface area contributed by atoms with Gasteiger partial charge in [0, 0.05) is 44.1 Å². The number of benzene rings is 1. The molecule has 0 spiro atoms. The van der Waals surface area contributed by atoms with E-state index >= 15 is 0 Å². The van der Waals surface area contributed by atoms with Gasteiger partial charge in [0.05, 0.1) is 0 Å². The van der Waals surface area contributed by atoms with Gasteiger partial charge in [-0.1, -0.05) is 24.8 Å². The summed E-state index contributed by atoms with van der Waals surface area (Å²) in [6.07, 6.45) is 3.55. The van der Waals surface area contributed by atoms with E-state index in [2.05, 4.69) is 11.5 Å². The molecular formula is C14H19NO2. The standard InChI is InChI=1S/C14H19NO2/c1-4-13-12(11-16)7-5-8-14(13)15(2)9-6-10-17-3/h4-5,7-8,11H,1,6,9-10H2,2-3H3. The lowest BCUT2D eigenvalue weighted by Crippen LogP contribution is -2.21. The Morgan fingerprint density at radius 2 is 2.24 bits per heavy atom. The van der Waals surface area contributed by atoms with Crippen LogP contribution in [0.1, 0.15) is 22.3 Å². The Morgan fingerprint density at radius 3 is 2.82 bits per heavy atom. The van der Waals surface area contributed by atoms with Gasteiger partial charge in [-0.2, -0.15) is 0 Å². The summed E-state index contributed by atoms with van der Waals surface area (Å²) in [6.45, 7) is 5.39. The molecule has 1 aromatic carbocycles. The lowest BCUT2D eigenvalue weighted by molar-refractivity contribution is 0.112. The molecule has 1 rings (SSSR count). The molecule has 0 aliphatic rings. The molecule has 0 bridgehead atoms. The van der Waals surface area contributed by atoms with Crippen LogP contribution in [0.5, 0.6) is 0 Å². The summed E-state index contributed by atoms with van der Waals surface area (Å²) in [5.74, 6) is 0. The smallest absolute Gasteiger partial charge is 0.150 e. The summed E-state index contributed by atoms with van der Waals surface area (Å²) < 4.78 is 5.03.